The summed E-state index contributed by atoms with van der Waals surface area (Å²) in [5, 5.41) is 0. The Morgan fingerprint density at radius 1 is 1.06 bits per heavy atom. The van der Waals surface area contributed by atoms with Crippen LogP contribution in [0.15, 0.2) is 30.3 Å². The molecule has 1 aromatic carbocycles. The predicted molar refractivity (Wildman–Crippen MR) is 143 cm³/mol. The molecular weight excluding hydrogens is 436 g/mol. The van der Waals surface area contributed by atoms with Gasteiger partial charge in [-0.25, -0.2) is 0 Å². The summed E-state index contributed by atoms with van der Waals surface area (Å²) in [4.78, 5) is 32.8. The lowest BCUT2D eigenvalue weighted by Crippen LogP contribution is -2.58. The standard InChI is InChI=1S/C29H48N4O2/c1-22(27(30)34)31(5)26(24-15-10-7-11-16-24)28(35)33-19-12-17-25(33)21-32(29(2,3)4)20-18-23-13-8-6-9-14-23/h6,8-9,13-14,22,24-26H,7,10-12,15-21H2,1-5H3,(H2,30,34)/t22-,25-,26-/m0/s1. The lowest BCUT2D eigenvalue weighted by atomic mass is 9.82. The molecule has 6 heteroatoms. The highest BCUT2D eigenvalue weighted by Crippen LogP contribution is 2.32. The molecule has 1 saturated heterocycles. The van der Waals surface area contributed by atoms with Crippen LogP contribution in [0.1, 0.15) is 78.2 Å². The molecule has 0 radical (unpaired) electrons. The molecule has 2 aliphatic rings. The van der Waals surface area contributed by atoms with Crippen LogP contribution in [0.3, 0.4) is 0 Å². The van der Waals surface area contributed by atoms with Crippen molar-refractivity contribution in [3.8, 4) is 0 Å². The first-order chi connectivity index (χ1) is 16.6. The zero-order chi connectivity index (χ0) is 25.6. The molecule has 0 spiro atoms. The average Bonchev–Trinajstić information content (AvgIpc) is 3.30. The van der Waals surface area contributed by atoms with E-state index in [9.17, 15) is 9.59 Å². The van der Waals surface area contributed by atoms with Gasteiger partial charge in [0.15, 0.2) is 0 Å². The fraction of sp³-hybridized carbons (Fsp3) is 0.724. The highest BCUT2D eigenvalue weighted by atomic mass is 16.2. The van der Waals surface area contributed by atoms with Crippen LogP contribution in [0.4, 0.5) is 0 Å². The number of carbonyl (C=O) groups is 2. The monoisotopic (exact) mass is 484 g/mol. The topological polar surface area (TPSA) is 69.9 Å². The quantitative estimate of drug-likeness (QED) is 0.543. The van der Waals surface area contributed by atoms with Crippen LogP contribution < -0.4 is 5.73 Å². The normalized spacial score (nSPS) is 21.5. The Kier molecular flexibility index (Phi) is 9.77. The molecule has 3 rings (SSSR count). The number of carbonyl (C=O) groups excluding carboxylic acids is 2. The molecule has 3 atom stereocenters. The van der Waals surface area contributed by atoms with Crippen molar-refractivity contribution in [3.63, 3.8) is 0 Å². The van der Waals surface area contributed by atoms with Gasteiger partial charge in [0.1, 0.15) is 0 Å². The Labute approximate surface area is 213 Å². The van der Waals surface area contributed by atoms with Gasteiger partial charge in [-0.15, -0.1) is 0 Å². The van der Waals surface area contributed by atoms with Crippen LogP contribution >= 0.6 is 0 Å². The third-order valence-electron chi connectivity index (χ3n) is 8.36. The molecule has 196 valence electrons. The number of nitrogens with two attached hydrogens (primary N) is 1. The first-order valence-electron chi connectivity index (χ1n) is 13.7. The molecule has 0 unspecified atom stereocenters. The lowest BCUT2D eigenvalue weighted by molar-refractivity contribution is -0.142. The fourth-order valence-electron chi connectivity index (χ4n) is 5.95. The number of hydrogen-bond acceptors (Lipinski definition) is 4. The van der Waals surface area contributed by atoms with E-state index in [0.717, 1.165) is 64.6 Å². The molecule has 1 saturated carbocycles. The molecule has 0 bridgehead atoms. The number of rotatable bonds is 10. The first kappa shape index (κ1) is 27.7. The summed E-state index contributed by atoms with van der Waals surface area (Å²) in [7, 11) is 1.92. The van der Waals surface area contributed by atoms with E-state index in [1.54, 1.807) is 0 Å². The third-order valence-corrected chi connectivity index (χ3v) is 8.36. The number of likely N-dealkylation sites (tertiary alicyclic amines) is 1. The van der Waals surface area contributed by atoms with Crippen LogP contribution in [0.25, 0.3) is 0 Å². The molecule has 35 heavy (non-hydrogen) atoms. The lowest BCUT2D eigenvalue weighted by Gasteiger charge is -2.43. The Balaban J connectivity index is 1.76. The highest BCUT2D eigenvalue weighted by molar-refractivity contribution is 5.85. The van der Waals surface area contributed by atoms with Crippen molar-refractivity contribution in [2.24, 2.45) is 11.7 Å². The zero-order valence-electron chi connectivity index (χ0n) is 22.7. The number of hydrogen-bond donors (Lipinski definition) is 1. The van der Waals surface area contributed by atoms with Crippen molar-refractivity contribution in [1.82, 2.24) is 14.7 Å². The molecule has 1 aliphatic heterocycles. The van der Waals surface area contributed by atoms with Crippen molar-refractivity contribution in [2.75, 3.05) is 26.7 Å². The minimum Gasteiger partial charge on any atom is -0.368 e. The summed E-state index contributed by atoms with van der Waals surface area (Å²) in [5.41, 5.74) is 7.04. The summed E-state index contributed by atoms with van der Waals surface area (Å²) >= 11 is 0. The number of amides is 2. The number of nitrogens with zero attached hydrogens (tertiary/aromatic N) is 3. The molecule has 1 aliphatic carbocycles. The number of primary amides is 1. The minimum absolute atomic E-state index is 0.0200. The van der Waals surface area contributed by atoms with Gasteiger partial charge in [-0.1, -0.05) is 49.6 Å². The van der Waals surface area contributed by atoms with Crippen LogP contribution in [0.2, 0.25) is 0 Å². The molecule has 0 aromatic heterocycles. The van der Waals surface area contributed by atoms with E-state index in [2.05, 4.69) is 60.9 Å². The molecule has 1 aromatic rings. The van der Waals surface area contributed by atoms with E-state index < -0.39 is 6.04 Å². The van der Waals surface area contributed by atoms with Gasteiger partial charge in [0.2, 0.25) is 11.8 Å². The maximum absolute atomic E-state index is 14.1. The SMILES string of the molecule is C[C@@H](C(N)=O)N(C)[C@H](C(=O)N1CCC[C@H]1CN(CCc1ccccc1)C(C)(C)C)C1CCCCC1. The van der Waals surface area contributed by atoms with Gasteiger partial charge in [-0.05, 0) is 78.3 Å². The number of likely N-dealkylation sites (N-methyl/N-ethyl adjacent to an activating group) is 1. The largest absolute Gasteiger partial charge is 0.368 e. The summed E-state index contributed by atoms with van der Waals surface area (Å²) in [6, 6.07) is 10.1. The van der Waals surface area contributed by atoms with Crippen LogP contribution in [0.5, 0.6) is 0 Å². The van der Waals surface area contributed by atoms with Crippen molar-refractivity contribution in [1.29, 1.82) is 0 Å². The Morgan fingerprint density at radius 2 is 1.71 bits per heavy atom. The summed E-state index contributed by atoms with van der Waals surface area (Å²) in [5.74, 6) is 0.131. The minimum atomic E-state index is -0.455. The molecule has 2 N–H and O–H groups in total. The first-order valence-corrected chi connectivity index (χ1v) is 13.7. The Hall–Kier alpha value is -1.92. The Morgan fingerprint density at radius 3 is 2.31 bits per heavy atom. The van der Waals surface area contributed by atoms with E-state index in [0.29, 0.717) is 5.92 Å². The van der Waals surface area contributed by atoms with Crippen LogP contribution in [-0.4, -0.2) is 76.9 Å². The van der Waals surface area contributed by atoms with E-state index in [-0.39, 0.29) is 29.4 Å². The highest BCUT2D eigenvalue weighted by Gasteiger charge is 2.42. The maximum Gasteiger partial charge on any atom is 0.240 e. The van der Waals surface area contributed by atoms with Gasteiger partial charge in [-0.2, -0.15) is 0 Å². The van der Waals surface area contributed by atoms with Crippen molar-refractivity contribution < 1.29 is 9.59 Å². The molecule has 1 heterocycles. The molecular formula is C29H48N4O2. The van der Waals surface area contributed by atoms with E-state index in [1.165, 1.54) is 12.0 Å². The van der Waals surface area contributed by atoms with Gasteiger partial charge in [0, 0.05) is 31.2 Å². The van der Waals surface area contributed by atoms with Gasteiger partial charge < -0.3 is 10.6 Å². The van der Waals surface area contributed by atoms with Crippen LogP contribution in [0, 0.1) is 5.92 Å². The summed E-state index contributed by atoms with van der Waals surface area (Å²) in [6.07, 6.45) is 8.74. The van der Waals surface area contributed by atoms with E-state index in [1.807, 2.05) is 18.9 Å². The Bertz CT molecular complexity index is 816. The zero-order valence-corrected chi connectivity index (χ0v) is 22.7. The number of benzene rings is 1. The van der Waals surface area contributed by atoms with E-state index >= 15 is 0 Å². The molecule has 6 nitrogen and oxygen atoms in total. The fourth-order valence-corrected chi connectivity index (χ4v) is 5.95. The maximum atomic E-state index is 14.1. The second kappa shape index (κ2) is 12.4. The molecule has 2 fully saturated rings. The van der Waals surface area contributed by atoms with Crippen molar-refractivity contribution in [3.05, 3.63) is 35.9 Å². The second-order valence-corrected chi connectivity index (χ2v) is 11.8. The smallest absolute Gasteiger partial charge is 0.240 e. The second-order valence-electron chi connectivity index (χ2n) is 11.8. The predicted octanol–water partition coefficient (Wildman–Crippen LogP) is 4.08. The average molecular weight is 485 g/mol. The van der Waals surface area contributed by atoms with Crippen LogP contribution in [-0.2, 0) is 16.0 Å². The summed E-state index contributed by atoms with van der Waals surface area (Å²) in [6.45, 7) is 11.3. The molecule has 2 amide bonds. The van der Waals surface area contributed by atoms with Crippen molar-refractivity contribution >= 4 is 11.8 Å². The van der Waals surface area contributed by atoms with Gasteiger partial charge >= 0.3 is 0 Å². The summed E-state index contributed by atoms with van der Waals surface area (Å²) < 4.78 is 0. The van der Waals surface area contributed by atoms with Gasteiger partial charge in [-0.3, -0.25) is 19.4 Å². The van der Waals surface area contributed by atoms with Gasteiger partial charge in [0.05, 0.1) is 12.1 Å². The van der Waals surface area contributed by atoms with Gasteiger partial charge in [0.25, 0.3) is 0 Å². The van der Waals surface area contributed by atoms with E-state index in [4.69, 9.17) is 5.73 Å². The third kappa shape index (κ3) is 7.29. The van der Waals surface area contributed by atoms with Crippen molar-refractivity contribution in [2.45, 2.75) is 103 Å².